The molecule has 1 aromatic heterocycles. The lowest BCUT2D eigenvalue weighted by Gasteiger charge is -2.42. The monoisotopic (exact) mass is 270 g/mol. The molecule has 0 saturated heterocycles. The maximum Gasteiger partial charge on any atom is 0.172 e. The highest BCUT2D eigenvalue weighted by Crippen LogP contribution is 2.37. The number of ether oxygens (including phenoxy) is 1. The second-order valence-corrected chi connectivity index (χ2v) is 5.24. The van der Waals surface area contributed by atoms with E-state index in [1.54, 1.807) is 0 Å². The highest BCUT2D eigenvalue weighted by Gasteiger charge is 2.34. The van der Waals surface area contributed by atoms with Crippen molar-refractivity contribution < 1.29 is 4.74 Å². The Morgan fingerprint density at radius 2 is 2.33 bits per heavy atom. The minimum absolute atomic E-state index is 0.0164. The van der Waals surface area contributed by atoms with Crippen LogP contribution in [0.3, 0.4) is 0 Å². The normalized spacial score (nSPS) is 18.3. The molecule has 0 amide bonds. The molecular formula is C11H15BrN2O. The molecule has 0 aliphatic carbocycles. The molecule has 2 rings (SSSR count). The molecule has 0 bridgehead atoms. The van der Waals surface area contributed by atoms with Gasteiger partial charge < -0.3 is 9.64 Å². The summed E-state index contributed by atoms with van der Waals surface area (Å²) >= 11 is 3.40. The number of fused-ring (bicyclic) bond motifs is 1. The number of likely N-dealkylation sites (N-methyl/N-ethyl adjacent to an activating group) is 1. The Kier molecular flexibility index (Phi) is 2.63. The zero-order chi connectivity index (χ0) is 11.1. The van der Waals surface area contributed by atoms with Crippen LogP contribution in [0, 0.1) is 0 Å². The number of aromatic nitrogens is 1. The van der Waals surface area contributed by atoms with Gasteiger partial charge in [-0.05, 0) is 42.8 Å². The lowest BCUT2D eigenvalue weighted by molar-refractivity contribution is 0.211. The Morgan fingerprint density at radius 1 is 1.60 bits per heavy atom. The van der Waals surface area contributed by atoms with Crippen LogP contribution in [-0.4, -0.2) is 23.7 Å². The predicted octanol–water partition coefficient (Wildman–Crippen LogP) is 2.84. The fraction of sp³-hybridized carbons (Fsp3) is 0.545. The molecule has 3 nitrogen and oxygen atoms in total. The minimum Gasteiger partial charge on any atom is -0.487 e. The van der Waals surface area contributed by atoms with Crippen LogP contribution in [0.2, 0.25) is 0 Å². The van der Waals surface area contributed by atoms with Crippen LogP contribution in [-0.2, 0) is 0 Å². The summed E-state index contributed by atoms with van der Waals surface area (Å²) < 4.78 is 6.67. The summed E-state index contributed by atoms with van der Waals surface area (Å²) in [5, 5.41) is 0. The molecule has 1 aromatic rings. The lowest BCUT2D eigenvalue weighted by atomic mass is 10.0. The van der Waals surface area contributed by atoms with E-state index in [1.165, 1.54) is 0 Å². The van der Waals surface area contributed by atoms with E-state index in [2.05, 4.69) is 46.6 Å². The first-order chi connectivity index (χ1) is 7.04. The van der Waals surface area contributed by atoms with E-state index < -0.39 is 0 Å². The third kappa shape index (κ3) is 1.83. The van der Waals surface area contributed by atoms with Crippen molar-refractivity contribution in [2.45, 2.75) is 26.3 Å². The molecule has 0 N–H and O–H groups in total. The standard InChI is InChI=1S/C11H15BrN2O/c1-4-14-10-9(5-8(12)6-13-10)15-7-11(14,2)3/h5-6H,4,7H2,1-3H3. The van der Waals surface area contributed by atoms with Gasteiger partial charge in [0.05, 0.1) is 5.54 Å². The number of nitrogens with zero attached hydrogens (tertiary/aromatic N) is 2. The fourth-order valence-corrected chi connectivity index (χ4v) is 2.23. The summed E-state index contributed by atoms with van der Waals surface area (Å²) in [6.07, 6.45) is 1.81. The Hall–Kier alpha value is -0.770. The van der Waals surface area contributed by atoms with Crippen molar-refractivity contribution in [2.24, 2.45) is 0 Å². The van der Waals surface area contributed by atoms with E-state index in [-0.39, 0.29) is 5.54 Å². The van der Waals surface area contributed by atoms with E-state index in [9.17, 15) is 0 Å². The lowest BCUT2D eigenvalue weighted by Crippen LogP contribution is -2.51. The number of pyridine rings is 1. The van der Waals surface area contributed by atoms with Crippen LogP contribution in [0.1, 0.15) is 20.8 Å². The topological polar surface area (TPSA) is 25.4 Å². The zero-order valence-corrected chi connectivity index (χ0v) is 10.8. The Balaban J connectivity index is 2.47. The quantitative estimate of drug-likeness (QED) is 0.785. The number of hydrogen-bond donors (Lipinski definition) is 0. The molecule has 0 fully saturated rings. The maximum atomic E-state index is 5.72. The molecule has 0 spiro atoms. The summed E-state index contributed by atoms with van der Waals surface area (Å²) in [6.45, 7) is 8.12. The smallest absolute Gasteiger partial charge is 0.172 e. The zero-order valence-electron chi connectivity index (χ0n) is 9.25. The molecule has 82 valence electrons. The molecule has 0 unspecified atom stereocenters. The van der Waals surface area contributed by atoms with Crippen LogP contribution in [0.25, 0.3) is 0 Å². The summed E-state index contributed by atoms with van der Waals surface area (Å²) in [5.41, 5.74) is 0.0164. The Morgan fingerprint density at radius 3 is 3.00 bits per heavy atom. The van der Waals surface area contributed by atoms with Gasteiger partial charge in [-0.2, -0.15) is 0 Å². The van der Waals surface area contributed by atoms with Gasteiger partial charge in [0, 0.05) is 17.2 Å². The molecule has 0 atom stereocenters. The number of halogens is 1. The average Bonchev–Trinajstić information content (AvgIpc) is 2.18. The SMILES string of the molecule is CCN1c2ncc(Br)cc2OCC1(C)C. The minimum atomic E-state index is 0.0164. The summed E-state index contributed by atoms with van der Waals surface area (Å²) in [5.74, 6) is 1.81. The van der Waals surface area contributed by atoms with Gasteiger partial charge in [0.25, 0.3) is 0 Å². The van der Waals surface area contributed by atoms with E-state index in [0.717, 1.165) is 22.6 Å². The highest BCUT2D eigenvalue weighted by atomic mass is 79.9. The van der Waals surface area contributed by atoms with Crippen molar-refractivity contribution in [3.8, 4) is 5.75 Å². The Labute approximate surface area is 98.6 Å². The van der Waals surface area contributed by atoms with Gasteiger partial charge in [-0.1, -0.05) is 0 Å². The summed E-state index contributed by atoms with van der Waals surface area (Å²) in [7, 11) is 0. The first kappa shape index (κ1) is 10.7. The molecule has 1 aliphatic rings. The van der Waals surface area contributed by atoms with Gasteiger partial charge in [0.2, 0.25) is 0 Å². The average molecular weight is 271 g/mol. The third-order valence-electron chi connectivity index (χ3n) is 2.68. The third-order valence-corrected chi connectivity index (χ3v) is 3.12. The molecular weight excluding hydrogens is 256 g/mol. The molecule has 0 radical (unpaired) electrons. The largest absolute Gasteiger partial charge is 0.487 e. The molecule has 2 heterocycles. The van der Waals surface area contributed by atoms with E-state index in [1.807, 2.05) is 12.3 Å². The summed E-state index contributed by atoms with van der Waals surface area (Å²) in [4.78, 5) is 6.70. The van der Waals surface area contributed by atoms with Gasteiger partial charge in [-0.25, -0.2) is 4.98 Å². The first-order valence-electron chi connectivity index (χ1n) is 5.10. The van der Waals surface area contributed by atoms with Gasteiger partial charge >= 0.3 is 0 Å². The van der Waals surface area contributed by atoms with Crippen LogP contribution < -0.4 is 9.64 Å². The molecule has 0 saturated carbocycles. The van der Waals surface area contributed by atoms with Crippen molar-refractivity contribution in [1.29, 1.82) is 0 Å². The fourth-order valence-electron chi connectivity index (χ4n) is 1.92. The van der Waals surface area contributed by atoms with Crippen LogP contribution in [0.5, 0.6) is 5.75 Å². The van der Waals surface area contributed by atoms with E-state index in [0.29, 0.717) is 6.61 Å². The molecule has 0 aromatic carbocycles. The van der Waals surface area contributed by atoms with Gasteiger partial charge in [-0.15, -0.1) is 0 Å². The van der Waals surface area contributed by atoms with Gasteiger partial charge in [0.15, 0.2) is 11.6 Å². The second kappa shape index (κ2) is 3.67. The van der Waals surface area contributed by atoms with Crippen LogP contribution in [0.15, 0.2) is 16.7 Å². The van der Waals surface area contributed by atoms with Crippen LogP contribution >= 0.6 is 15.9 Å². The Bertz CT molecular complexity index is 379. The van der Waals surface area contributed by atoms with Gasteiger partial charge in [0.1, 0.15) is 6.61 Å². The van der Waals surface area contributed by atoms with Gasteiger partial charge in [-0.3, -0.25) is 0 Å². The highest BCUT2D eigenvalue weighted by molar-refractivity contribution is 9.10. The number of hydrogen-bond acceptors (Lipinski definition) is 3. The second-order valence-electron chi connectivity index (χ2n) is 4.32. The van der Waals surface area contributed by atoms with Crippen LogP contribution in [0.4, 0.5) is 5.82 Å². The van der Waals surface area contributed by atoms with Crippen molar-refractivity contribution in [1.82, 2.24) is 4.98 Å². The van der Waals surface area contributed by atoms with Crippen molar-refractivity contribution >= 4 is 21.7 Å². The van der Waals surface area contributed by atoms with Crippen molar-refractivity contribution in [3.05, 3.63) is 16.7 Å². The number of rotatable bonds is 1. The van der Waals surface area contributed by atoms with Crippen molar-refractivity contribution in [2.75, 3.05) is 18.1 Å². The summed E-state index contributed by atoms with van der Waals surface area (Å²) in [6, 6.07) is 1.97. The first-order valence-corrected chi connectivity index (χ1v) is 5.90. The molecule has 4 heteroatoms. The predicted molar refractivity (Wildman–Crippen MR) is 64.5 cm³/mol. The van der Waals surface area contributed by atoms with E-state index >= 15 is 0 Å². The van der Waals surface area contributed by atoms with Crippen molar-refractivity contribution in [3.63, 3.8) is 0 Å². The maximum absolute atomic E-state index is 5.72. The van der Waals surface area contributed by atoms with E-state index in [4.69, 9.17) is 4.74 Å². The number of anilines is 1. The molecule has 1 aliphatic heterocycles. The molecule has 15 heavy (non-hydrogen) atoms.